The number of hydrogen-bond acceptors (Lipinski definition) is 5. The zero-order valence-corrected chi connectivity index (χ0v) is 10.8. The van der Waals surface area contributed by atoms with E-state index in [9.17, 15) is 4.79 Å². The van der Waals surface area contributed by atoms with Gasteiger partial charge in [-0.1, -0.05) is 18.7 Å². The van der Waals surface area contributed by atoms with Gasteiger partial charge in [0.1, 0.15) is 11.1 Å². The van der Waals surface area contributed by atoms with Crippen LogP contribution < -0.4 is 5.63 Å². The summed E-state index contributed by atoms with van der Waals surface area (Å²) >= 11 is 1.55. The number of hydrogen-bond donors (Lipinski definition) is 0. The molecule has 2 heterocycles. The van der Waals surface area contributed by atoms with Crippen molar-refractivity contribution < 1.29 is 8.83 Å². The molecule has 0 saturated heterocycles. The van der Waals surface area contributed by atoms with Crippen LogP contribution in [-0.4, -0.2) is 10.7 Å². The van der Waals surface area contributed by atoms with Gasteiger partial charge in [-0.25, -0.2) is 9.78 Å². The van der Waals surface area contributed by atoms with Gasteiger partial charge in [0.25, 0.3) is 5.22 Å². The summed E-state index contributed by atoms with van der Waals surface area (Å²) in [6, 6.07) is 5.01. The quantitative estimate of drug-likeness (QED) is 0.523. The molecule has 0 fully saturated rings. The molecule has 0 radical (unpaired) electrons. The zero-order chi connectivity index (χ0) is 12.7. The Morgan fingerprint density at radius 3 is 2.83 bits per heavy atom. The van der Waals surface area contributed by atoms with Gasteiger partial charge in [-0.3, -0.25) is 0 Å². The van der Waals surface area contributed by atoms with Crippen molar-refractivity contribution in [3.05, 3.63) is 34.2 Å². The van der Waals surface area contributed by atoms with Crippen molar-refractivity contribution >= 4 is 33.8 Å². The number of aromatic nitrogens is 1. The molecule has 0 N–H and O–H groups in total. The van der Waals surface area contributed by atoms with E-state index in [1.54, 1.807) is 23.9 Å². The van der Waals surface area contributed by atoms with Crippen LogP contribution in [0.1, 0.15) is 12.5 Å². The molecule has 0 aliphatic rings. The number of benzene rings is 1. The SMILES string of the molecule is CCSc1nc2c(ccc3oc(=O)cc(C)c32)o1. The molecule has 0 saturated carbocycles. The number of rotatable bonds is 2. The van der Waals surface area contributed by atoms with Gasteiger partial charge in [-0.05, 0) is 30.4 Å². The van der Waals surface area contributed by atoms with E-state index < -0.39 is 0 Å². The van der Waals surface area contributed by atoms with E-state index >= 15 is 0 Å². The van der Waals surface area contributed by atoms with Crippen LogP contribution >= 0.6 is 11.8 Å². The van der Waals surface area contributed by atoms with Crippen LogP contribution in [0.2, 0.25) is 0 Å². The smallest absolute Gasteiger partial charge is 0.336 e. The van der Waals surface area contributed by atoms with Crippen LogP contribution in [0.5, 0.6) is 0 Å². The first kappa shape index (κ1) is 11.3. The molecule has 3 aromatic rings. The zero-order valence-electron chi connectivity index (χ0n) is 10.0. The van der Waals surface area contributed by atoms with Gasteiger partial charge in [0.2, 0.25) is 0 Å². The van der Waals surface area contributed by atoms with Gasteiger partial charge >= 0.3 is 5.63 Å². The van der Waals surface area contributed by atoms with Crippen LogP contribution in [-0.2, 0) is 0 Å². The molecule has 0 aliphatic carbocycles. The first-order valence-electron chi connectivity index (χ1n) is 5.66. The minimum atomic E-state index is -0.342. The molecular formula is C13H11NO3S. The number of nitrogens with zero attached hydrogens (tertiary/aromatic N) is 1. The van der Waals surface area contributed by atoms with E-state index in [2.05, 4.69) is 4.98 Å². The van der Waals surface area contributed by atoms with Crippen LogP contribution in [0.4, 0.5) is 0 Å². The Morgan fingerprint density at radius 2 is 2.06 bits per heavy atom. The highest BCUT2D eigenvalue weighted by molar-refractivity contribution is 7.99. The number of fused-ring (bicyclic) bond motifs is 3. The molecule has 0 spiro atoms. The van der Waals surface area contributed by atoms with Gasteiger partial charge < -0.3 is 8.83 Å². The Labute approximate surface area is 107 Å². The third-order valence-electron chi connectivity index (χ3n) is 2.71. The van der Waals surface area contributed by atoms with Gasteiger partial charge in [-0.15, -0.1) is 0 Å². The normalized spacial score (nSPS) is 11.4. The Kier molecular flexibility index (Phi) is 2.63. The van der Waals surface area contributed by atoms with Crippen molar-refractivity contribution in [1.82, 2.24) is 4.98 Å². The van der Waals surface area contributed by atoms with Crippen molar-refractivity contribution in [2.45, 2.75) is 19.1 Å². The Bertz CT molecular complexity index is 788. The lowest BCUT2D eigenvalue weighted by Gasteiger charge is -1.99. The fourth-order valence-electron chi connectivity index (χ4n) is 1.99. The molecule has 2 aromatic heterocycles. The molecule has 1 aromatic carbocycles. The summed E-state index contributed by atoms with van der Waals surface area (Å²) in [5.74, 6) is 0.902. The molecule has 4 nitrogen and oxygen atoms in total. The van der Waals surface area contributed by atoms with Crippen LogP contribution in [0.25, 0.3) is 22.1 Å². The Balaban J connectivity index is 2.41. The fourth-order valence-corrected chi connectivity index (χ4v) is 2.54. The Morgan fingerprint density at radius 1 is 1.28 bits per heavy atom. The molecular weight excluding hydrogens is 250 g/mol. The summed E-state index contributed by atoms with van der Waals surface area (Å²) in [6.07, 6.45) is 0. The van der Waals surface area contributed by atoms with Crippen molar-refractivity contribution in [2.75, 3.05) is 5.75 Å². The summed E-state index contributed by atoms with van der Waals surface area (Å²) in [4.78, 5) is 15.8. The molecule has 0 aliphatic heterocycles. The standard InChI is InChI=1S/C13H11NO3S/c1-3-18-13-14-12-9(17-13)5-4-8-11(12)7(2)6-10(15)16-8/h4-6H,3H2,1-2H3. The molecule has 3 rings (SSSR count). The first-order valence-corrected chi connectivity index (χ1v) is 6.64. The third-order valence-corrected chi connectivity index (χ3v) is 3.42. The minimum absolute atomic E-state index is 0.342. The molecule has 0 amide bonds. The maximum absolute atomic E-state index is 11.3. The monoisotopic (exact) mass is 261 g/mol. The number of oxazole rings is 1. The maximum Gasteiger partial charge on any atom is 0.336 e. The molecule has 0 bridgehead atoms. The van der Waals surface area contributed by atoms with E-state index in [-0.39, 0.29) is 5.63 Å². The van der Waals surface area contributed by atoms with Crippen molar-refractivity contribution in [3.63, 3.8) is 0 Å². The summed E-state index contributed by atoms with van der Waals surface area (Å²) in [6.45, 7) is 3.92. The van der Waals surface area contributed by atoms with Crippen molar-refractivity contribution in [1.29, 1.82) is 0 Å². The third kappa shape index (κ3) is 1.71. The largest absolute Gasteiger partial charge is 0.431 e. The molecule has 5 heteroatoms. The number of aryl methyl sites for hydroxylation is 1. The van der Waals surface area contributed by atoms with Gasteiger partial charge in [0.15, 0.2) is 5.58 Å². The van der Waals surface area contributed by atoms with Gasteiger partial charge in [0.05, 0.1) is 5.39 Å². The van der Waals surface area contributed by atoms with E-state index in [1.807, 2.05) is 13.8 Å². The van der Waals surface area contributed by atoms with E-state index in [0.717, 1.165) is 27.8 Å². The second-order valence-electron chi connectivity index (χ2n) is 3.95. The molecule has 0 unspecified atom stereocenters. The topological polar surface area (TPSA) is 56.2 Å². The predicted molar refractivity (Wildman–Crippen MR) is 71.2 cm³/mol. The van der Waals surface area contributed by atoms with Gasteiger partial charge in [0, 0.05) is 6.07 Å². The van der Waals surface area contributed by atoms with Crippen molar-refractivity contribution in [2.24, 2.45) is 0 Å². The lowest BCUT2D eigenvalue weighted by atomic mass is 10.1. The lowest BCUT2D eigenvalue weighted by Crippen LogP contribution is -1.97. The minimum Gasteiger partial charge on any atom is -0.431 e. The average Bonchev–Trinajstić information content (AvgIpc) is 2.70. The Hall–Kier alpha value is -1.75. The molecule has 92 valence electrons. The lowest BCUT2D eigenvalue weighted by molar-refractivity contribution is 0.489. The summed E-state index contributed by atoms with van der Waals surface area (Å²) in [5, 5.41) is 1.49. The van der Waals surface area contributed by atoms with E-state index in [1.165, 1.54) is 6.07 Å². The van der Waals surface area contributed by atoms with E-state index in [4.69, 9.17) is 8.83 Å². The summed E-state index contributed by atoms with van der Waals surface area (Å²) < 4.78 is 10.8. The fraction of sp³-hybridized carbons (Fsp3) is 0.231. The highest BCUT2D eigenvalue weighted by Crippen LogP contribution is 2.30. The molecule has 0 atom stereocenters. The predicted octanol–water partition coefficient (Wildman–Crippen LogP) is 3.35. The highest BCUT2D eigenvalue weighted by atomic mass is 32.2. The second-order valence-corrected chi connectivity index (χ2v) is 5.16. The van der Waals surface area contributed by atoms with Crippen LogP contribution in [0.15, 0.2) is 37.1 Å². The van der Waals surface area contributed by atoms with E-state index in [0.29, 0.717) is 10.8 Å². The van der Waals surface area contributed by atoms with Crippen LogP contribution in [0.3, 0.4) is 0 Å². The highest BCUT2D eigenvalue weighted by Gasteiger charge is 2.12. The average molecular weight is 261 g/mol. The second kappa shape index (κ2) is 4.17. The summed E-state index contributed by atoms with van der Waals surface area (Å²) in [7, 11) is 0. The van der Waals surface area contributed by atoms with Crippen LogP contribution in [0, 0.1) is 6.92 Å². The van der Waals surface area contributed by atoms with Gasteiger partial charge in [-0.2, -0.15) is 0 Å². The molecule has 18 heavy (non-hydrogen) atoms. The number of thioether (sulfide) groups is 1. The van der Waals surface area contributed by atoms with Crippen molar-refractivity contribution in [3.8, 4) is 0 Å². The maximum atomic E-state index is 11.3. The summed E-state index contributed by atoms with van der Waals surface area (Å²) in [5.41, 5.74) is 2.54. The first-order chi connectivity index (χ1) is 8.69.